The second kappa shape index (κ2) is 6.16. The summed E-state index contributed by atoms with van der Waals surface area (Å²) in [7, 11) is 0. The first-order valence-electron chi connectivity index (χ1n) is 7.30. The van der Waals surface area contributed by atoms with E-state index in [1.165, 1.54) is 12.1 Å². The van der Waals surface area contributed by atoms with Crippen molar-refractivity contribution in [1.29, 1.82) is 0 Å². The Morgan fingerprint density at radius 3 is 2.52 bits per heavy atom. The van der Waals surface area contributed by atoms with Crippen molar-refractivity contribution in [2.45, 2.75) is 39.7 Å². The zero-order chi connectivity index (χ0) is 15.6. The zero-order valence-corrected chi connectivity index (χ0v) is 12.6. The molecule has 0 saturated heterocycles. The van der Waals surface area contributed by atoms with Gasteiger partial charge in [-0.3, -0.25) is 0 Å². The predicted octanol–water partition coefficient (Wildman–Crippen LogP) is 3.25. The number of carboxylic acids is 1. The number of hydrogen-bond donors (Lipinski definition) is 3. The van der Waals surface area contributed by atoms with Gasteiger partial charge in [-0.05, 0) is 49.3 Å². The highest BCUT2D eigenvalue weighted by Crippen LogP contribution is 2.31. The third-order valence-corrected chi connectivity index (χ3v) is 4.51. The van der Waals surface area contributed by atoms with Gasteiger partial charge in [0.15, 0.2) is 0 Å². The molecule has 2 rings (SSSR count). The molecule has 114 valence electrons. The van der Waals surface area contributed by atoms with Gasteiger partial charge in [0.05, 0.1) is 5.56 Å². The minimum Gasteiger partial charge on any atom is -0.478 e. The average molecular weight is 290 g/mol. The van der Waals surface area contributed by atoms with Gasteiger partial charge in [0.1, 0.15) is 0 Å². The van der Waals surface area contributed by atoms with Crippen molar-refractivity contribution >= 4 is 17.7 Å². The normalized spacial score (nSPS) is 24.6. The summed E-state index contributed by atoms with van der Waals surface area (Å²) in [6.45, 7) is 6.19. The smallest absolute Gasteiger partial charge is 0.335 e. The van der Waals surface area contributed by atoms with Gasteiger partial charge in [-0.25, -0.2) is 9.59 Å². The summed E-state index contributed by atoms with van der Waals surface area (Å²) in [6.07, 6.45) is 2.11. The van der Waals surface area contributed by atoms with E-state index in [2.05, 4.69) is 24.5 Å². The number of aromatic carboxylic acids is 1. The number of carbonyl (C=O) groups is 2. The molecule has 1 saturated carbocycles. The Morgan fingerprint density at radius 2 is 1.95 bits per heavy atom. The Hall–Kier alpha value is -2.04. The summed E-state index contributed by atoms with van der Waals surface area (Å²) in [6, 6.07) is 4.62. The summed E-state index contributed by atoms with van der Waals surface area (Å²) in [5.41, 5.74) is 1.54. The van der Waals surface area contributed by atoms with Crippen LogP contribution in [0.2, 0.25) is 0 Å². The summed E-state index contributed by atoms with van der Waals surface area (Å²) in [5, 5.41) is 14.7. The van der Waals surface area contributed by atoms with Gasteiger partial charge < -0.3 is 15.7 Å². The lowest BCUT2D eigenvalue weighted by molar-refractivity contribution is 0.0697. The van der Waals surface area contributed by atoms with Gasteiger partial charge in [0.2, 0.25) is 0 Å². The largest absolute Gasteiger partial charge is 0.478 e. The number of carbonyl (C=O) groups excluding carboxylic acids is 1. The molecule has 1 aliphatic carbocycles. The maximum atomic E-state index is 12.1. The molecule has 2 amide bonds. The number of amides is 2. The van der Waals surface area contributed by atoms with Crippen LogP contribution in [0.1, 0.15) is 42.6 Å². The number of rotatable bonds is 3. The molecule has 21 heavy (non-hydrogen) atoms. The molecule has 3 N–H and O–H groups in total. The lowest BCUT2D eigenvalue weighted by Gasteiger charge is -2.20. The van der Waals surface area contributed by atoms with Gasteiger partial charge in [0, 0.05) is 11.7 Å². The Bertz CT molecular complexity index is 556. The van der Waals surface area contributed by atoms with Crippen LogP contribution in [0.5, 0.6) is 0 Å². The fraction of sp³-hybridized carbons (Fsp3) is 0.500. The van der Waals surface area contributed by atoms with Gasteiger partial charge in [-0.2, -0.15) is 0 Å². The number of aryl methyl sites for hydroxylation is 1. The molecular formula is C16H22N2O3. The standard InChI is InChI=1S/C16H22N2O3/c1-9-5-7-13(11(9)3)17-16(21)18-14-8-12(15(19)20)6-4-10(14)2/h4,6,8-9,11,13H,5,7H2,1-3H3,(H,19,20)(H2,17,18,21). The number of nitrogens with one attached hydrogen (secondary N) is 2. The molecule has 5 heteroatoms. The third kappa shape index (κ3) is 3.54. The lowest BCUT2D eigenvalue weighted by Crippen LogP contribution is -2.40. The van der Waals surface area contributed by atoms with Gasteiger partial charge in [-0.15, -0.1) is 0 Å². The molecule has 0 heterocycles. The molecule has 0 bridgehead atoms. The van der Waals surface area contributed by atoms with Crippen LogP contribution in [0.4, 0.5) is 10.5 Å². The highest BCUT2D eigenvalue weighted by atomic mass is 16.4. The number of hydrogen-bond acceptors (Lipinski definition) is 2. The number of urea groups is 1. The molecule has 0 aliphatic heterocycles. The molecule has 1 aromatic carbocycles. The quantitative estimate of drug-likeness (QED) is 0.799. The van der Waals surface area contributed by atoms with Crippen molar-refractivity contribution in [2.24, 2.45) is 11.8 Å². The Morgan fingerprint density at radius 1 is 1.24 bits per heavy atom. The molecule has 0 aromatic heterocycles. The first kappa shape index (κ1) is 15.4. The Kier molecular flexibility index (Phi) is 4.50. The predicted molar refractivity (Wildman–Crippen MR) is 81.6 cm³/mol. The van der Waals surface area contributed by atoms with E-state index >= 15 is 0 Å². The van der Waals surface area contributed by atoms with E-state index in [9.17, 15) is 9.59 Å². The van der Waals surface area contributed by atoms with E-state index in [-0.39, 0.29) is 17.6 Å². The second-order valence-corrected chi connectivity index (χ2v) is 5.95. The number of anilines is 1. The first-order valence-corrected chi connectivity index (χ1v) is 7.30. The topological polar surface area (TPSA) is 78.4 Å². The highest BCUT2D eigenvalue weighted by Gasteiger charge is 2.30. The van der Waals surface area contributed by atoms with Crippen molar-refractivity contribution in [1.82, 2.24) is 5.32 Å². The van der Waals surface area contributed by atoms with Gasteiger partial charge >= 0.3 is 12.0 Å². The van der Waals surface area contributed by atoms with E-state index in [1.54, 1.807) is 6.07 Å². The monoisotopic (exact) mass is 290 g/mol. The molecule has 0 spiro atoms. The SMILES string of the molecule is Cc1ccc(C(=O)O)cc1NC(=O)NC1CCC(C)C1C. The van der Waals surface area contributed by atoms with Gasteiger partial charge in [-0.1, -0.05) is 19.9 Å². The number of benzene rings is 1. The maximum Gasteiger partial charge on any atom is 0.335 e. The van der Waals surface area contributed by atoms with Crippen LogP contribution < -0.4 is 10.6 Å². The second-order valence-electron chi connectivity index (χ2n) is 5.95. The molecule has 0 radical (unpaired) electrons. The molecule has 1 aromatic rings. The first-order chi connectivity index (χ1) is 9.88. The van der Waals surface area contributed by atoms with Crippen LogP contribution in [0.25, 0.3) is 0 Å². The van der Waals surface area contributed by atoms with Crippen molar-refractivity contribution < 1.29 is 14.7 Å². The zero-order valence-electron chi connectivity index (χ0n) is 12.6. The van der Waals surface area contributed by atoms with Crippen molar-refractivity contribution in [3.8, 4) is 0 Å². The van der Waals surface area contributed by atoms with Crippen LogP contribution in [-0.2, 0) is 0 Å². The summed E-state index contributed by atoms with van der Waals surface area (Å²) in [5.74, 6) is 0.0753. The Labute approximate surface area is 124 Å². The molecule has 1 fully saturated rings. The molecule has 3 unspecified atom stereocenters. The van der Waals surface area contributed by atoms with Crippen LogP contribution in [0.3, 0.4) is 0 Å². The lowest BCUT2D eigenvalue weighted by atomic mass is 9.98. The highest BCUT2D eigenvalue weighted by molar-refractivity contribution is 5.94. The van der Waals surface area contributed by atoms with Crippen molar-refractivity contribution in [3.63, 3.8) is 0 Å². The number of carboxylic acid groups (broad SMARTS) is 1. The summed E-state index contributed by atoms with van der Waals surface area (Å²) < 4.78 is 0. The van der Waals surface area contributed by atoms with Crippen LogP contribution in [0, 0.1) is 18.8 Å². The maximum absolute atomic E-state index is 12.1. The molecular weight excluding hydrogens is 268 g/mol. The average Bonchev–Trinajstić information content (AvgIpc) is 2.73. The van der Waals surface area contributed by atoms with E-state index < -0.39 is 5.97 Å². The third-order valence-electron chi connectivity index (χ3n) is 4.51. The van der Waals surface area contributed by atoms with Crippen molar-refractivity contribution in [2.75, 3.05) is 5.32 Å². The van der Waals surface area contributed by atoms with Crippen molar-refractivity contribution in [3.05, 3.63) is 29.3 Å². The van der Waals surface area contributed by atoms with E-state index in [1.807, 2.05) is 6.92 Å². The molecule has 5 nitrogen and oxygen atoms in total. The summed E-state index contributed by atoms with van der Waals surface area (Å²) in [4.78, 5) is 23.1. The Balaban J connectivity index is 2.03. The fourth-order valence-corrected chi connectivity index (χ4v) is 2.78. The van der Waals surface area contributed by atoms with Crippen LogP contribution in [0.15, 0.2) is 18.2 Å². The van der Waals surface area contributed by atoms with Crippen LogP contribution in [-0.4, -0.2) is 23.1 Å². The van der Waals surface area contributed by atoms with Gasteiger partial charge in [0.25, 0.3) is 0 Å². The fourth-order valence-electron chi connectivity index (χ4n) is 2.78. The van der Waals surface area contributed by atoms with E-state index in [0.717, 1.165) is 18.4 Å². The minimum absolute atomic E-state index is 0.166. The molecule has 3 atom stereocenters. The van der Waals surface area contributed by atoms with E-state index in [0.29, 0.717) is 17.5 Å². The minimum atomic E-state index is -1.00. The molecule has 1 aliphatic rings. The summed E-state index contributed by atoms with van der Waals surface area (Å²) >= 11 is 0. The van der Waals surface area contributed by atoms with Crippen LogP contribution >= 0.6 is 0 Å². The van der Waals surface area contributed by atoms with E-state index in [4.69, 9.17) is 5.11 Å².